The summed E-state index contributed by atoms with van der Waals surface area (Å²) in [6.07, 6.45) is 1.48. The molecule has 2 aromatic carbocycles. The van der Waals surface area contributed by atoms with Crippen LogP contribution in [0.15, 0.2) is 53.5 Å². The molecule has 0 amide bonds. The van der Waals surface area contributed by atoms with Crippen molar-refractivity contribution in [3.05, 3.63) is 81.0 Å². The highest BCUT2D eigenvalue weighted by molar-refractivity contribution is 6.33. The standard InChI is InChI=1S/C23H19ClFN5O3/c1-33-23(32)16-4-2-3-5-18(16)30-22(31)21(24)20(14-27-30)29-10-8-28(9-11-29)19-7-6-15(13-26)12-17(19)25/h2-7,12,14H,8-11H2,1H3. The molecule has 0 atom stereocenters. The van der Waals surface area contributed by atoms with E-state index in [-0.39, 0.29) is 21.8 Å². The number of hydrogen-bond donors (Lipinski definition) is 0. The molecule has 2 heterocycles. The minimum Gasteiger partial charge on any atom is -0.465 e. The molecule has 4 rings (SSSR count). The van der Waals surface area contributed by atoms with E-state index in [2.05, 4.69) is 5.10 Å². The van der Waals surface area contributed by atoms with E-state index in [1.54, 1.807) is 36.4 Å². The van der Waals surface area contributed by atoms with E-state index in [9.17, 15) is 14.0 Å². The minimum atomic E-state index is -0.592. The third kappa shape index (κ3) is 4.25. The number of aromatic nitrogens is 2. The number of piperazine rings is 1. The lowest BCUT2D eigenvalue weighted by atomic mass is 10.1. The van der Waals surface area contributed by atoms with E-state index in [1.807, 2.05) is 15.9 Å². The maximum atomic E-state index is 14.4. The number of esters is 1. The Bertz CT molecular complexity index is 1310. The number of nitriles is 1. The number of halogens is 2. The molecule has 33 heavy (non-hydrogen) atoms. The van der Waals surface area contributed by atoms with Gasteiger partial charge in [0.25, 0.3) is 5.56 Å². The summed E-state index contributed by atoms with van der Waals surface area (Å²) >= 11 is 6.42. The van der Waals surface area contributed by atoms with Crippen LogP contribution in [0.25, 0.3) is 5.69 Å². The zero-order valence-electron chi connectivity index (χ0n) is 17.7. The first kappa shape index (κ1) is 22.3. The monoisotopic (exact) mass is 467 g/mol. The van der Waals surface area contributed by atoms with Crippen molar-refractivity contribution >= 4 is 28.9 Å². The Balaban J connectivity index is 1.57. The first-order valence-corrected chi connectivity index (χ1v) is 10.5. The quantitative estimate of drug-likeness (QED) is 0.544. The van der Waals surface area contributed by atoms with Gasteiger partial charge in [-0.1, -0.05) is 23.7 Å². The first-order valence-electron chi connectivity index (χ1n) is 10.1. The van der Waals surface area contributed by atoms with Gasteiger partial charge in [0.2, 0.25) is 0 Å². The zero-order chi connectivity index (χ0) is 23.5. The van der Waals surface area contributed by atoms with Crippen LogP contribution in [0.3, 0.4) is 0 Å². The summed E-state index contributed by atoms with van der Waals surface area (Å²) in [6.45, 7) is 1.97. The fourth-order valence-electron chi connectivity index (χ4n) is 3.78. The second-order valence-corrected chi connectivity index (χ2v) is 7.70. The van der Waals surface area contributed by atoms with Crippen molar-refractivity contribution < 1.29 is 13.9 Å². The van der Waals surface area contributed by atoms with Crippen molar-refractivity contribution in [2.24, 2.45) is 0 Å². The molecule has 0 aliphatic carbocycles. The molecule has 0 bridgehead atoms. The lowest BCUT2D eigenvalue weighted by molar-refractivity contribution is 0.0600. The number of hydrogen-bond acceptors (Lipinski definition) is 7. The van der Waals surface area contributed by atoms with Crippen LogP contribution in [0.4, 0.5) is 15.8 Å². The van der Waals surface area contributed by atoms with Crippen LogP contribution in [-0.4, -0.2) is 49.0 Å². The summed E-state index contributed by atoms with van der Waals surface area (Å²) in [5.41, 5.74) is 1.05. The predicted octanol–water partition coefficient (Wildman–Crippen LogP) is 3.01. The third-order valence-electron chi connectivity index (χ3n) is 5.48. The molecule has 0 unspecified atom stereocenters. The molecule has 0 N–H and O–H groups in total. The van der Waals surface area contributed by atoms with Crippen molar-refractivity contribution in [3.63, 3.8) is 0 Å². The highest BCUT2D eigenvalue weighted by Crippen LogP contribution is 2.27. The number of methoxy groups -OCH3 is 1. The van der Waals surface area contributed by atoms with Crippen LogP contribution in [0.2, 0.25) is 5.02 Å². The maximum Gasteiger partial charge on any atom is 0.340 e. The second-order valence-electron chi connectivity index (χ2n) is 7.32. The average molecular weight is 468 g/mol. The number of para-hydroxylation sites is 1. The Hall–Kier alpha value is -3.90. The topological polar surface area (TPSA) is 91.5 Å². The maximum absolute atomic E-state index is 14.4. The van der Waals surface area contributed by atoms with Crippen molar-refractivity contribution in [2.45, 2.75) is 0 Å². The number of ether oxygens (including phenoxy) is 1. The molecule has 0 saturated carbocycles. The van der Waals surface area contributed by atoms with E-state index < -0.39 is 17.3 Å². The van der Waals surface area contributed by atoms with Crippen molar-refractivity contribution in [2.75, 3.05) is 43.1 Å². The van der Waals surface area contributed by atoms with Gasteiger partial charge in [-0.15, -0.1) is 0 Å². The average Bonchev–Trinajstić information content (AvgIpc) is 2.85. The molecule has 1 aromatic heterocycles. The molecule has 8 nitrogen and oxygen atoms in total. The number of rotatable bonds is 4. The Kier molecular flexibility index (Phi) is 6.29. The molecular weight excluding hydrogens is 449 g/mol. The van der Waals surface area contributed by atoms with Gasteiger partial charge in [0.05, 0.1) is 47.6 Å². The summed E-state index contributed by atoms with van der Waals surface area (Å²) in [7, 11) is 1.26. The van der Waals surface area contributed by atoms with Crippen LogP contribution < -0.4 is 15.4 Å². The van der Waals surface area contributed by atoms with E-state index in [0.29, 0.717) is 37.6 Å². The molecule has 1 saturated heterocycles. The van der Waals surface area contributed by atoms with Crippen molar-refractivity contribution in [3.8, 4) is 11.8 Å². The fraction of sp³-hybridized carbons (Fsp3) is 0.217. The predicted molar refractivity (Wildman–Crippen MR) is 122 cm³/mol. The highest BCUT2D eigenvalue weighted by atomic mass is 35.5. The highest BCUT2D eigenvalue weighted by Gasteiger charge is 2.24. The van der Waals surface area contributed by atoms with E-state index in [0.717, 1.165) is 4.68 Å². The van der Waals surface area contributed by atoms with Gasteiger partial charge in [-0.2, -0.15) is 15.0 Å². The van der Waals surface area contributed by atoms with Crippen LogP contribution in [0.1, 0.15) is 15.9 Å². The number of anilines is 2. The first-order chi connectivity index (χ1) is 15.9. The van der Waals surface area contributed by atoms with Crippen molar-refractivity contribution in [1.82, 2.24) is 9.78 Å². The normalized spacial score (nSPS) is 13.5. The molecule has 10 heteroatoms. The van der Waals surface area contributed by atoms with Gasteiger partial charge >= 0.3 is 5.97 Å². The number of nitrogens with zero attached hydrogens (tertiary/aromatic N) is 5. The van der Waals surface area contributed by atoms with E-state index in [1.165, 1.54) is 19.4 Å². The Morgan fingerprint density at radius 1 is 1.09 bits per heavy atom. The SMILES string of the molecule is COC(=O)c1ccccc1-n1ncc(N2CCN(c3ccc(C#N)cc3F)CC2)c(Cl)c1=O. The molecule has 3 aromatic rings. The second kappa shape index (κ2) is 9.30. The lowest BCUT2D eigenvalue weighted by Crippen LogP contribution is -2.47. The number of benzene rings is 2. The minimum absolute atomic E-state index is 0.0253. The number of carbonyl (C=O) groups is 1. The third-order valence-corrected chi connectivity index (χ3v) is 5.83. The van der Waals surface area contributed by atoms with Gasteiger partial charge in [-0.25, -0.2) is 9.18 Å². The van der Waals surface area contributed by atoms with Crippen molar-refractivity contribution in [1.29, 1.82) is 5.26 Å². The lowest BCUT2D eigenvalue weighted by Gasteiger charge is -2.37. The summed E-state index contributed by atoms with van der Waals surface area (Å²) in [6, 6.07) is 12.8. The van der Waals surface area contributed by atoms with Gasteiger partial charge < -0.3 is 14.5 Å². The van der Waals surface area contributed by atoms with Gasteiger partial charge in [0.1, 0.15) is 10.8 Å². The van der Waals surface area contributed by atoms with Gasteiger partial charge in [-0.3, -0.25) is 4.79 Å². The molecule has 1 aliphatic rings. The summed E-state index contributed by atoms with van der Waals surface area (Å²) in [5.74, 6) is -1.04. The molecule has 168 valence electrons. The van der Waals surface area contributed by atoms with Crippen LogP contribution >= 0.6 is 11.6 Å². The molecule has 1 aliphatic heterocycles. The molecular formula is C23H19ClFN5O3. The largest absolute Gasteiger partial charge is 0.465 e. The Morgan fingerprint density at radius 3 is 2.39 bits per heavy atom. The van der Waals surface area contributed by atoms with E-state index >= 15 is 0 Å². The summed E-state index contributed by atoms with van der Waals surface area (Å²) in [5, 5.41) is 13.1. The van der Waals surface area contributed by atoms with Gasteiger partial charge in [0.15, 0.2) is 0 Å². The van der Waals surface area contributed by atoms with Crippen LogP contribution in [0.5, 0.6) is 0 Å². The fourth-order valence-corrected chi connectivity index (χ4v) is 4.03. The Morgan fingerprint density at radius 2 is 1.76 bits per heavy atom. The van der Waals surface area contributed by atoms with Gasteiger partial charge in [-0.05, 0) is 30.3 Å². The molecule has 0 spiro atoms. The van der Waals surface area contributed by atoms with Crippen LogP contribution in [0, 0.1) is 17.1 Å². The zero-order valence-corrected chi connectivity index (χ0v) is 18.4. The van der Waals surface area contributed by atoms with Crippen LogP contribution in [-0.2, 0) is 4.74 Å². The smallest absolute Gasteiger partial charge is 0.340 e. The Labute approximate surface area is 194 Å². The number of carbonyl (C=O) groups excluding carboxylic acids is 1. The summed E-state index contributed by atoms with van der Waals surface area (Å²) < 4.78 is 20.2. The molecule has 1 fully saturated rings. The van der Waals surface area contributed by atoms with Gasteiger partial charge in [0, 0.05) is 26.2 Å². The summed E-state index contributed by atoms with van der Waals surface area (Å²) in [4.78, 5) is 28.8. The van der Waals surface area contributed by atoms with E-state index in [4.69, 9.17) is 21.6 Å². The molecule has 0 radical (unpaired) electrons.